The molecule has 2 aromatic rings. The number of nitrogens with zero attached hydrogens (tertiary/aromatic N) is 2. The number of halogens is 1. The summed E-state index contributed by atoms with van der Waals surface area (Å²) in [7, 11) is -3.58. The quantitative estimate of drug-likeness (QED) is 0.900. The number of anilines is 1. The van der Waals surface area contributed by atoms with Crippen molar-refractivity contribution in [2.75, 3.05) is 5.73 Å². The summed E-state index contributed by atoms with van der Waals surface area (Å²) in [4.78, 5) is 7.27. The van der Waals surface area contributed by atoms with Crippen LogP contribution in [-0.4, -0.2) is 18.4 Å². The highest BCUT2D eigenvalue weighted by atomic mass is 35.5. The van der Waals surface area contributed by atoms with Crippen molar-refractivity contribution in [3.05, 3.63) is 28.9 Å². The van der Waals surface area contributed by atoms with Gasteiger partial charge in [0.05, 0.1) is 16.7 Å². The molecule has 0 saturated heterocycles. The first-order valence-corrected chi connectivity index (χ1v) is 6.76. The fourth-order valence-electron chi connectivity index (χ4n) is 1.02. The summed E-state index contributed by atoms with van der Waals surface area (Å²) in [5.74, 6) is 0.0307. The molecular formula is C8H6ClN3O2S2. The molecule has 2 N–H and O–H groups in total. The maximum absolute atomic E-state index is 12.0. The van der Waals surface area contributed by atoms with Crippen molar-refractivity contribution < 1.29 is 8.42 Å². The number of rotatable bonds is 2. The molecule has 0 radical (unpaired) electrons. The largest absolute Gasteiger partial charge is 0.368 e. The molecule has 8 heteroatoms. The molecule has 0 unspecified atom stereocenters. The third-order valence-electron chi connectivity index (χ3n) is 1.77. The monoisotopic (exact) mass is 275 g/mol. The molecule has 0 bridgehead atoms. The van der Waals surface area contributed by atoms with Crippen LogP contribution in [0.3, 0.4) is 0 Å². The summed E-state index contributed by atoms with van der Waals surface area (Å²) in [6, 6.07) is 2.97. The molecule has 84 valence electrons. The maximum Gasteiger partial charge on any atom is 0.219 e. The second-order valence-corrected chi connectivity index (χ2v) is 6.73. The van der Waals surface area contributed by atoms with E-state index >= 15 is 0 Å². The summed E-state index contributed by atoms with van der Waals surface area (Å²) in [6.07, 6.45) is 2.34. The molecule has 2 heterocycles. The third-order valence-corrected chi connectivity index (χ3v) is 5.20. The summed E-state index contributed by atoms with van der Waals surface area (Å²) >= 11 is 6.67. The number of sulfone groups is 1. The second kappa shape index (κ2) is 4.00. The molecule has 0 fully saturated rings. The second-order valence-electron chi connectivity index (χ2n) is 2.84. The molecule has 0 aliphatic rings. The van der Waals surface area contributed by atoms with Gasteiger partial charge in [0.15, 0.2) is 0 Å². The van der Waals surface area contributed by atoms with E-state index in [2.05, 4.69) is 9.97 Å². The molecule has 0 saturated carbocycles. The molecule has 0 amide bonds. The molecule has 16 heavy (non-hydrogen) atoms. The van der Waals surface area contributed by atoms with Crippen molar-refractivity contribution in [3.63, 3.8) is 0 Å². The molecule has 0 atom stereocenters. The van der Waals surface area contributed by atoms with E-state index in [0.717, 1.165) is 11.3 Å². The van der Waals surface area contributed by atoms with Crippen LogP contribution >= 0.6 is 22.9 Å². The number of hydrogen-bond donors (Lipinski definition) is 1. The maximum atomic E-state index is 12.0. The SMILES string of the molecule is Nc1ncc(S(=O)(=O)c2ccc(Cl)s2)cn1. The van der Waals surface area contributed by atoms with E-state index in [0.29, 0.717) is 4.34 Å². The molecule has 2 rings (SSSR count). The van der Waals surface area contributed by atoms with Crippen LogP contribution in [0.2, 0.25) is 4.34 Å². The van der Waals surface area contributed by atoms with Gasteiger partial charge >= 0.3 is 0 Å². The molecule has 2 aromatic heterocycles. The molecule has 0 aliphatic carbocycles. The fourth-order valence-corrected chi connectivity index (χ4v) is 3.80. The Morgan fingerprint density at radius 3 is 2.38 bits per heavy atom. The van der Waals surface area contributed by atoms with Gasteiger partial charge in [-0.15, -0.1) is 11.3 Å². The number of nitrogen functional groups attached to an aromatic ring is 1. The van der Waals surface area contributed by atoms with Crippen molar-refractivity contribution in [2.45, 2.75) is 9.10 Å². The van der Waals surface area contributed by atoms with Crippen LogP contribution in [0.1, 0.15) is 0 Å². The van der Waals surface area contributed by atoms with Crippen LogP contribution in [-0.2, 0) is 9.84 Å². The predicted octanol–water partition coefficient (Wildman–Crippen LogP) is 1.61. The highest BCUT2D eigenvalue weighted by Crippen LogP contribution is 2.29. The van der Waals surface area contributed by atoms with E-state index in [1.54, 1.807) is 0 Å². The number of thiophene rings is 1. The smallest absolute Gasteiger partial charge is 0.219 e. The number of hydrogen-bond acceptors (Lipinski definition) is 6. The first-order chi connectivity index (χ1) is 7.50. The van der Waals surface area contributed by atoms with E-state index in [4.69, 9.17) is 17.3 Å². The van der Waals surface area contributed by atoms with E-state index in [1.165, 1.54) is 24.5 Å². The van der Waals surface area contributed by atoms with Crippen molar-refractivity contribution in [2.24, 2.45) is 0 Å². The van der Waals surface area contributed by atoms with Gasteiger partial charge in [-0.1, -0.05) is 11.6 Å². The van der Waals surface area contributed by atoms with Crippen molar-refractivity contribution in [3.8, 4) is 0 Å². The van der Waals surface area contributed by atoms with E-state index < -0.39 is 9.84 Å². The average molecular weight is 276 g/mol. The molecule has 0 spiro atoms. The third kappa shape index (κ3) is 2.01. The summed E-state index contributed by atoms with van der Waals surface area (Å²) in [6.45, 7) is 0. The average Bonchev–Trinajstić information content (AvgIpc) is 2.66. The Morgan fingerprint density at radius 2 is 1.88 bits per heavy atom. The summed E-state index contributed by atoms with van der Waals surface area (Å²) < 4.78 is 24.5. The lowest BCUT2D eigenvalue weighted by molar-refractivity contribution is 0.597. The van der Waals surface area contributed by atoms with Crippen LogP contribution in [0.4, 0.5) is 5.95 Å². The lowest BCUT2D eigenvalue weighted by Crippen LogP contribution is -2.03. The number of nitrogens with two attached hydrogens (primary N) is 1. The zero-order chi connectivity index (χ0) is 11.8. The lowest BCUT2D eigenvalue weighted by atomic mass is 10.7. The van der Waals surface area contributed by atoms with Crippen LogP contribution in [0.25, 0.3) is 0 Å². The van der Waals surface area contributed by atoms with Gasteiger partial charge in [-0.05, 0) is 12.1 Å². The van der Waals surface area contributed by atoms with Gasteiger partial charge in [0.25, 0.3) is 0 Å². The Kier molecular flexibility index (Phi) is 2.83. The summed E-state index contributed by atoms with van der Waals surface area (Å²) in [5.41, 5.74) is 5.28. The van der Waals surface area contributed by atoms with Gasteiger partial charge in [0.1, 0.15) is 9.10 Å². The Labute approximate surface area is 101 Å². The topological polar surface area (TPSA) is 85.9 Å². The standard InChI is InChI=1S/C8H6ClN3O2S2/c9-6-1-2-7(15-6)16(13,14)5-3-11-8(10)12-4-5/h1-4H,(H2,10,11,12). The van der Waals surface area contributed by atoms with E-state index in [-0.39, 0.29) is 15.1 Å². The zero-order valence-electron chi connectivity index (χ0n) is 7.79. The Morgan fingerprint density at radius 1 is 1.25 bits per heavy atom. The van der Waals surface area contributed by atoms with Gasteiger partial charge < -0.3 is 5.73 Å². The van der Waals surface area contributed by atoms with Gasteiger partial charge in [-0.25, -0.2) is 18.4 Å². The van der Waals surface area contributed by atoms with Gasteiger partial charge in [0.2, 0.25) is 15.8 Å². The Hall–Kier alpha value is -1.18. The van der Waals surface area contributed by atoms with Crippen molar-refractivity contribution in [1.29, 1.82) is 0 Å². The van der Waals surface area contributed by atoms with E-state index in [9.17, 15) is 8.42 Å². The molecular weight excluding hydrogens is 270 g/mol. The minimum absolute atomic E-state index is 0.000201. The van der Waals surface area contributed by atoms with Crippen molar-refractivity contribution >= 4 is 38.7 Å². The van der Waals surface area contributed by atoms with Crippen LogP contribution in [0, 0.1) is 0 Å². The van der Waals surface area contributed by atoms with Crippen LogP contribution in [0.5, 0.6) is 0 Å². The summed E-state index contributed by atoms with van der Waals surface area (Å²) in [5, 5.41) is 0. The molecule has 0 aromatic carbocycles. The highest BCUT2D eigenvalue weighted by molar-refractivity contribution is 7.93. The predicted molar refractivity (Wildman–Crippen MR) is 61.2 cm³/mol. The first-order valence-electron chi connectivity index (χ1n) is 4.08. The first kappa shape index (κ1) is 11.3. The van der Waals surface area contributed by atoms with Crippen LogP contribution < -0.4 is 5.73 Å². The minimum Gasteiger partial charge on any atom is -0.368 e. The Balaban J connectivity index is 2.51. The van der Waals surface area contributed by atoms with Crippen molar-refractivity contribution in [1.82, 2.24) is 9.97 Å². The van der Waals surface area contributed by atoms with Gasteiger partial charge in [-0.3, -0.25) is 0 Å². The zero-order valence-corrected chi connectivity index (χ0v) is 10.2. The minimum atomic E-state index is -3.58. The van der Waals surface area contributed by atoms with E-state index in [1.807, 2.05) is 0 Å². The molecule has 5 nitrogen and oxygen atoms in total. The lowest BCUT2D eigenvalue weighted by Gasteiger charge is -2.00. The fraction of sp³-hybridized carbons (Fsp3) is 0. The number of aromatic nitrogens is 2. The van der Waals surface area contributed by atoms with Gasteiger partial charge in [-0.2, -0.15) is 0 Å². The Bertz CT molecular complexity index is 606. The van der Waals surface area contributed by atoms with Crippen LogP contribution in [0.15, 0.2) is 33.6 Å². The van der Waals surface area contributed by atoms with Gasteiger partial charge in [0, 0.05) is 0 Å². The normalized spacial score (nSPS) is 11.6. The molecule has 0 aliphatic heterocycles. The highest BCUT2D eigenvalue weighted by Gasteiger charge is 2.20.